The van der Waals surface area contributed by atoms with Crippen LogP contribution in [-0.4, -0.2) is 35.1 Å². The molecular formula is C27H27N3O. The molecule has 0 aromatic heterocycles. The van der Waals surface area contributed by atoms with Crippen LogP contribution in [0.3, 0.4) is 0 Å². The first-order valence-corrected chi connectivity index (χ1v) is 11.0. The number of carbonyl (C=O) groups excluding carboxylic acids is 1. The van der Waals surface area contributed by atoms with Crippen molar-refractivity contribution >= 4 is 17.3 Å². The van der Waals surface area contributed by atoms with Gasteiger partial charge in [0, 0.05) is 30.8 Å². The number of aliphatic imine (C=N–C) groups is 1. The summed E-state index contributed by atoms with van der Waals surface area (Å²) in [5, 5.41) is 3.22. The van der Waals surface area contributed by atoms with E-state index < -0.39 is 5.54 Å². The van der Waals surface area contributed by atoms with Gasteiger partial charge in [0.15, 0.2) is 0 Å². The number of hydrogen-bond donors (Lipinski definition) is 1. The van der Waals surface area contributed by atoms with Crippen molar-refractivity contribution in [3.63, 3.8) is 0 Å². The molecule has 0 atom stereocenters. The predicted molar refractivity (Wildman–Crippen MR) is 126 cm³/mol. The molecule has 1 spiro atoms. The van der Waals surface area contributed by atoms with Crippen LogP contribution in [0.25, 0.3) is 0 Å². The normalized spacial score (nSPS) is 18.1. The minimum Gasteiger partial charge on any atom is -0.323 e. The lowest BCUT2D eigenvalue weighted by molar-refractivity contribution is -0.122. The van der Waals surface area contributed by atoms with Gasteiger partial charge in [-0.2, -0.15) is 0 Å². The first kappa shape index (κ1) is 19.7. The van der Waals surface area contributed by atoms with Gasteiger partial charge in [0.1, 0.15) is 5.54 Å². The number of anilines is 1. The van der Waals surface area contributed by atoms with Crippen LogP contribution in [0, 0.1) is 6.92 Å². The van der Waals surface area contributed by atoms with Crippen molar-refractivity contribution in [1.82, 2.24) is 4.90 Å². The molecule has 0 bridgehead atoms. The smallest absolute Gasteiger partial charge is 0.252 e. The standard InChI is InChI=1S/C27H27N3O/c1-20-12-13-23-24(18-20)28-26(31)27(29-25(23)22-10-6-3-7-11-22)14-16-30(17-15-27)19-21-8-4-2-5-9-21/h2-13,18H,14-17,19H2,1H3,(H,28,31). The van der Waals surface area contributed by atoms with Crippen LogP contribution in [0.2, 0.25) is 0 Å². The molecule has 1 amide bonds. The van der Waals surface area contributed by atoms with Gasteiger partial charge in [-0.3, -0.25) is 14.7 Å². The minimum atomic E-state index is -0.731. The van der Waals surface area contributed by atoms with E-state index in [1.54, 1.807) is 0 Å². The molecule has 31 heavy (non-hydrogen) atoms. The highest BCUT2D eigenvalue weighted by atomic mass is 16.2. The molecule has 5 rings (SSSR count). The Hall–Kier alpha value is -3.24. The summed E-state index contributed by atoms with van der Waals surface area (Å²) in [6.45, 7) is 4.66. The molecule has 3 aromatic carbocycles. The third kappa shape index (κ3) is 3.91. The second kappa shape index (κ2) is 8.12. The van der Waals surface area contributed by atoms with Gasteiger partial charge < -0.3 is 5.32 Å². The van der Waals surface area contributed by atoms with Gasteiger partial charge >= 0.3 is 0 Å². The first-order valence-electron chi connectivity index (χ1n) is 11.0. The summed E-state index contributed by atoms with van der Waals surface area (Å²) in [5.41, 5.74) is 5.51. The maximum absolute atomic E-state index is 13.5. The second-order valence-electron chi connectivity index (χ2n) is 8.62. The zero-order valence-corrected chi connectivity index (χ0v) is 17.8. The third-order valence-corrected chi connectivity index (χ3v) is 6.41. The van der Waals surface area contributed by atoms with Gasteiger partial charge in [-0.1, -0.05) is 72.8 Å². The molecule has 0 radical (unpaired) electrons. The number of benzene rings is 3. The van der Waals surface area contributed by atoms with Crippen LogP contribution in [0.5, 0.6) is 0 Å². The van der Waals surface area contributed by atoms with Gasteiger partial charge in [0.2, 0.25) is 0 Å². The van der Waals surface area contributed by atoms with Crippen LogP contribution in [0.1, 0.15) is 35.1 Å². The van der Waals surface area contributed by atoms with E-state index in [2.05, 4.69) is 71.7 Å². The molecule has 2 heterocycles. The monoisotopic (exact) mass is 409 g/mol. The van der Waals surface area contributed by atoms with Crippen molar-refractivity contribution in [2.24, 2.45) is 4.99 Å². The highest BCUT2D eigenvalue weighted by molar-refractivity contribution is 6.20. The molecule has 0 unspecified atom stereocenters. The highest BCUT2D eigenvalue weighted by Gasteiger charge is 2.43. The van der Waals surface area contributed by atoms with Gasteiger partial charge in [0.25, 0.3) is 5.91 Å². The van der Waals surface area contributed by atoms with Crippen LogP contribution in [-0.2, 0) is 11.3 Å². The van der Waals surface area contributed by atoms with E-state index in [0.29, 0.717) is 0 Å². The number of aryl methyl sites for hydroxylation is 1. The summed E-state index contributed by atoms with van der Waals surface area (Å²) in [4.78, 5) is 21.1. The lowest BCUT2D eigenvalue weighted by atomic mass is 9.86. The van der Waals surface area contributed by atoms with Crippen LogP contribution in [0.15, 0.2) is 83.9 Å². The predicted octanol–water partition coefficient (Wildman–Crippen LogP) is 4.82. The zero-order valence-electron chi connectivity index (χ0n) is 17.8. The maximum Gasteiger partial charge on any atom is 0.252 e. The summed E-state index contributed by atoms with van der Waals surface area (Å²) in [5.74, 6) is 0.0182. The summed E-state index contributed by atoms with van der Waals surface area (Å²) >= 11 is 0. The lowest BCUT2D eigenvalue weighted by Crippen LogP contribution is -2.50. The van der Waals surface area contributed by atoms with Crippen LogP contribution < -0.4 is 5.32 Å². The quantitative estimate of drug-likeness (QED) is 0.674. The summed E-state index contributed by atoms with van der Waals surface area (Å²) in [7, 11) is 0. The molecule has 1 N–H and O–H groups in total. The van der Waals surface area contributed by atoms with Crippen molar-refractivity contribution in [2.45, 2.75) is 31.8 Å². The second-order valence-corrected chi connectivity index (χ2v) is 8.62. The summed E-state index contributed by atoms with van der Waals surface area (Å²) < 4.78 is 0. The molecule has 4 nitrogen and oxygen atoms in total. The van der Waals surface area contributed by atoms with Crippen molar-refractivity contribution < 1.29 is 4.79 Å². The molecule has 4 heteroatoms. The average Bonchev–Trinajstić information content (AvgIpc) is 2.91. The largest absolute Gasteiger partial charge is 0.323 e. The molecule has 1 fully saturated rings. The van der Waals surface area contributed by atoms with E-state index in [1.807, 2.05) is 24.3 Å². The number of nitrogens with one attached hydrogen (secondary N) is 1. The third-order valence-electron chi connectivity index (χ3n) is 6.41. The molecular weight excluding hydrogens is 382 g/mol. The Bertz CT molecular complexity index is 1110. The van der Waals surface area contributed by atoms with E-state index in [9.17, 15) is 4.79 Å². The zero-order chi connectivity index (χ0) is 21.3. The highest BCUT2D eigenvalue weighted by Crippen LogP contribution is 2.35. The first-order chi connectivity index (χ1) is 15.1. The molecule has 2 aliphatic rings. The maximum atomic E-state index is 13.5. The number of likely N-dealkylation sites (tertiary alicyclic amines) is 1. The van der Waals surface area contributed by atoms with E-state index in [1.165, 1.54) is 5.56 Å². The van der Waals surface area contributed by atoms with Gasteiger partial charge in [0.05, 0.1) is 11.4 Å². The van der Waals surface area contributed by atoms with Gasteiger partial charge in [-0.05, 0) is 37.0 Å². The van der Waals surface area contributed by atoms with Crippen molar-refractivity contribution in [3.8, 4) is 0 Å². The Morgan fingerprint density at radius 2 is 1.61 bits per heavy atom. The molecule has 1 saturated heterocycles. The minimum absolute atomic E-state index is 0.0182. The molecule has 0 aliphatic carbocycles. The molecule has 3 aromatic rings. The Morgan fingerprint density at radius 3 is 2.32 bits per heavy atom. The SMILES string of the molecule is Cc1ccc2c(c1)NC(=O)C1(CCN(Cc3ccccc3)CC1)N=C2c1ccccc1. The van der Waals surface area contributed by atoms with E-state index in [-0.39, 0.29) is 5.91 Å². The molecule has 0 saturated carbocycles. The van der Waals surface area contributed by atoms with Gasteiger partial charge in [-0.15, -0.1) is 0 Å². The molecule has 2 aliphatic heterocycles. The van der Waals surface area contributed by atoms with Crippen molar-refractivity contribution in [1.29, 1.82) is 0 Å². The van der Waals surface area contributed by atoms with Crippen LogP contribution in [0.4, 0.5) is 5.69 Å². The fraction of sp³-hybridized carbons (Fsp3) is 0.259. The van der Waals surface area contributed by atoms with E-state index in [0.717, 1.165) is 60.6 Å². The Morgan fingerprint density at radius 1 is 0.935 bits per heavy atom. The number of rotatable bonds is 3. The lowest BCUT2D eigenvalue weighted by Gasteiger charge is -2.37. The molecule has 156 valence electrons. The number of piperidine rings is 1. The number of carbonyl (C=O) groups is 1. The number of hydrogen-bond acceptors (Lipinski definition) is 3. The Labute approximate surface area is 183 Å². The topological polar surface area (TPSA) is 44.7 Å². The number of nitrogens with zero attached hydrogens (tertiary/aromatic N) is 2. The van der Waals surface area contributed by atoms with Crippen molar-refractivity contribution in [2.75, 3.05) is 18.4 Å². The Balaban J connectivity index is 1.49. The van der Waals surface area contributed by atoms with Crippen LogP contribution >= 0.6 is 0 Å². The average molecular weight is 410 g/mol. The summed E-state index contributed by atoms with van der Waals surface area (Å²) in [6.07, 6.45) is 1.43. The van der Waals surface area contributed by atoms with E-state index in [4.69, 9.17) is 4.99 Å². The van der Waals surface area contributed by atoms with Gasteiger partial charge in [-0.25, -0.2) is 0 Å². The fourth-order valence-corrected chi connectivity index (χ4v) is 4.61. The summed E-state index contributed by atoms with van der Waals surface area (Å²) in [6, 6.07) is 27.0. The van der Waals surface area contributed by atoms with E-state index >= 15 is 0 Å². The number of fused-ring (bicyclic) bond motifs is 1. The number of amides is 1. The van der Waals surface area contributed by atoms with Crippen molar-refractivity contribution in [3.05, 3.63) is 101 Å². The Kier molecular flexibility index (Phi) is 5.16. The fourth-order valence-electron chi connectivity index (χ4n) is 4.61.